The number of hydrogen-bond acceptors (Lipinski definition) is 2. The van der Waals surface area contributed by atoms with Crippen molar-refractivity contribution in [3.63, 3.8) is 0 Å². The molecule has 0 fully saturated rings. The zero-order chi connectivity index (χ0) is 14.3. The van der Waals surface area contributed by atoms with Gasteiger partial charge in [-0.1, -0.05) is 38.1 Å². The summed E-state index contributed by atoms with van der Waals surface area (Å²) >= 11 is 0. The maximum Gasteiger partial charge on any atom is 0.00226 e. The van der Waals surface area contributed by atoms with Gasteiger partial charge in [-0.25, -0.2) is 0 Å². The van der Waals surface area contributed by atoms with Gasteiger partial charge in [0.25, 0.3) is 0 Å². The van der Waals surface area contributed by atoms with Crippen LogP contribution in [0.25, 0.3) is 0 Å². The highest BCUT2D eigenvalue weighted by Gasteiger charge is 2.04. The number of hydrogen-bond donors (Lipinski definition) is 1. The number of benzene rings is 1. The number of rotatable bonds is 8. The predicted octanol–water partition coefficient (Wildman–Crippen LogP) is 3.41. The molecule has 0 saturated carbocycles. The van der Waals surface area contributed by atoms with Crippen molar-refractivity contribution in [3.8, 4) is 0 Å². The molecule has 2 N–H and O–H groups in total. The van der Waals surface area contributed by atoms with Crippen LogP contribution in [0.1, 0.15) is 50.7 Å². The molecule has 2 unspecified atom stereocenters. The Morgan fingerprint density at radius 3 is 2.26 bits per heavy atom. The van der Waals surface area contributed by atoms with Crippen molar-refractivity contribution in [3.05, 3.63) is 35.4 Å². The van der Waals surface area contributed by atoms with Crippen molar-refractivity contribution in [1.82, 2.24) is 4.90 Å². The molecule has 0 heterocycles. The molecule has 0 aliphatic rings. The highest BCUT2D eigenvalue weighted by atomic mass is 15.1. The largest absolute Gasteiger partial charge is 0.328 e. The lowest BCUT2D eigenvalue weighted by Crippen LogP contribution is -2.27. The minimum absolute atomic E-state index is 0.303. The third kappa shape index (κ3) is 6.22. The second-order valence-corrected chi connectivity index (χ2v) is 5.87. The molecule has 108 valence electrons. The Balaban J connectivity index is 2.37. The summed E-state index contributed by atoms with van der Waals surface area (Å²) in [6.45, 7) is 8.79. The first-order valence-electron chi connectivity index (χ1n) is 7.55. The van der Waals surface area contributed by atoms with E-state index in [0.717, 1.165) is 25.9 Å². The Hall–Kier alpha value is -0.860. The van der Waals surface area contributed by atoms with Gasteiger partial charge in [-0.15, -0.1) is 0 Å². The van der Waals surface area contributed by atoms with Crippen LogP contribution in [0.3, 0.4) is 0 Å². The molecule has 0 saturated heterocycles. The van der Waals surface area contributed by atoms with Gasteiger partial charge >= 0.3 is 0 Å². The van der Waals surface area contributed by atoms with Crippen LogP contribution in [-0.2, 0) is 6.42 Å². The van der Waals surface area contributed by atoms with Gasteiger partial charge < -0.3 is 10.6 Å². The average Bonchev–Trinajstić information content (AvgIpc) is 2.42. The van der Waals surface area contributed by atoms with Gasteiger partial charge in [0.2, 0.25) is 0 Å². The highest BCUT2D eigenvalue weighted by Crippen LogP contribution is 2.18. The lowest BCUT2D eigenvalue weighted by Gasteiger charge is -2.18. The predicted molar refractivity (Wildman–Crippen MR) is 84.6 cm³/mol. The summed E-state index contributed by atoms with van der Waals surface area (Å²) in [4.78, 5) is 2.37. The Bertz CT molecular complexity index is 343. The van der Waals surface area contributed by atoms with Crippen molar-refractivity contribution >= 4 is 0 Å². The molecule has 0 spiro atoms. The molecule has 1 rings (SSSR count). The number of likely N-dealkylation sites (N-methyl/N-ethyl adjacent to an activating group) is 1. The maximum absolute atomic E-state index is 5.78. The Kier molecular flexibility index (Phi) is 7.11. The van der Waals surface area contributed by atoms with Crippen LogP contribution >= 0.6 is 0 Å². The molecular formula is C17H30N2. The van der Waals surface area contributed by atoms with Gasteiger partial charge in [-0.05, 0) is 56.8 Å². The molecule has 2 nitrogen and oxygen atoms in total. The molecular weight excluding hydrogens is 232 g/mol. The second kappa shape index (κ2) is 8.34. The van der Waals surface area contributed by atoms with Gasteiger partial charge in [-0.2, -0.15) is 0 Å². The van der Waals surface area contributed by atoms with Crippen LogP contribution < -0.4 is 5.73 Å². The molecule has 1 aromatic rings. The summed E-state index contributed by atoms with van der Waals surface area (Å²) in [5, 5.41) is 0. The van der Waals surface area contributed by atoms with E-state index in [9.17, 15) is 0 Å². The lowest BCUT2D eigenvalue weighted by molar-refractivity contribution is 0.324. The van der Waals surface area contributed by atoms with E-state index in [4.69, 9.17) is 5.73 Å². The maximum atomic E-state index is 5.78. The van der Waals surface area contributed by atoms with Gasteiger partial charge in [0.05, 0.1) is 0 Å². The van der Waals surface area contributed by atoms with Gasteiger partial charge in [0.1, 0.15) is 0 Å². The Morgan fingerprint density at radius 2 is 1.74 bits per heavy atom. The Labute approximate surface area is 119 Å². The van der Waals surface area contributed by atoms with E-state index in [1.54, 1.807) is 0 Å². The van der Waals surface area contributed by atoms with Crippen LogP contribution in [0.15, 0.2) is 24.3 Å². The van der Waals surface area contributed by atoms with Gasteiger partial charge in [0, 0.05) is 12.6 Å². The third-order valence-corrected chi connectivity index (χ3v) is 3.91. The van der Waals surface area contributed by atoms with Crippen LogP contribution in [-0.4, -0.2) is 31.1 Å². The molecule has 0 aromatic heterocycles. The van der Waals surface area contributed by atoms with E-state index < -0.39 is 0 Å². The number of nitrogens with two attached hydrogens (primary N) is 1. The van der Waals surface area contributed by atoms with E-state index in [-0.39, 0.29) is 0 Å². The van der Waals surface area contributed by atoms with Crippen molar-refractivity contribution in [1.29, 1.82) is 0 Å². The molecule has 2 atom stereocenters. The normalized spacial score (nSPS) is 14.6. The van der Waals surface area contributed by atoms with E-state index in [2.05, 4.69) is 57.0 Å². The summed E-state index contributed by atoms with van der Waals surface area (Å²) in [5.74, 6) is 0.669. The average molecular weight is 262 g/mol. The molecule has 0 aliphatic carbocycles. The summed E-state index contributed by atoms with van der Waals surface area (Å²) in [6.07, 6.45) is 3.40. The summed E-state index contributed by atoms with van der Waals surface area (Å²) in [7, 11) is 2.18. The summed E-state index contributed by atoms with van der Waals surface area (Å²) in [5.41, 5.74) is 8.66. The van der Waals surface area contributed by atoms with Gasteiger partial charge in [-0.3, -0.25) is 0 Å². The van der Waals surface area contributed by atoms with Crippen LogP contribution in [0.2, 0.25) is 0 Å². The zero-order valence-electron chi connectivity index (χ0n) is 13.0. The molecule has 19 heavy (non-hydrogen) atoms. The molecule has 0 bridgehead atoms. The van der Waals surface area contributed by atoms with Crippen LogP contribution in [0.4, 0.5) is 0 Å². The zero-order valence-corrected chi connectivity index (χ0v) is 13.0. The highest BCUT2D eigenvalue weighted by molar-refractivity contribution is 5.25. The molecule has 0 aliphatic heterocycles. The summed E-state index contributed by atoms with van der Waals surface area (Å²) in [6, 6.07) is 9.43. The van der Waals surface area contributed by atoms with Crippen molar-refractivity contribution in [2.24, 2.45) is 5.73 Å². The van der Waals surface area contributed by atoms with Gasteiger partial charge in [0.15, 0.2) is 0 Å². The first kappa shape index (κ1) is 16.2. The fraction of sp³-hybridized carbons (Fsp3) is 0.647. The minimum atomic E-state index is 0.303. The van der Waals surface area contributed by atoms with E-state index in [1.807, 2.05) is 0 Å². The van der Waals surface area contributed by atoms with E-state index in [0.29, 0.717) is 12.0 Å². The lowest BCUT2D eigenvalue weighted by atomic mass is 9.97. The van der Waals surface area contributed by atoms with Crippen LogP contribution in [0, 0.1) is 0 Å². The fourth-order valence-electron chi connectivity index (χ4n) is 2.10. The molecule has 0 amide bonds. The minimum Gasteiger partial charge on any atom is -0.328 e. The van der Waals surface area contributed by atoms with E-state index >= 15 is 0 Å². The standard InChI is InChI=1S/C17H30N2/c1-5-14(2)17-8-6-16(7-9-17)11-13-19(4)12-10-15(3)18/h6-9,14-15H,5,10-13,18H2,1-4H3. The molecule has 2 heteroatoms. The first-order valence-corrected chi connectivity index (χ1v) is 7.55. The SMILES string of the molecule is CCC(C)c1ccc(CCN(C)CCC(C)N)cc1. The Morgan fingerprint density at radius 1 is 1.11 bits per heavy atom. The smallest absolute Gasteiger partial charge is 0.00226 e. The monoisotopic (exact) mass is 262 g/mol. The fourth-order valence-corrected chi connectivity index (χ4v) is 2.10. The molecule has 1 aromatic carbocycles. The van der Waals surface area contributed by atoms with E-state index in [1.165, 1.54) is 17.5 Å². The van der Waals surface area contributed by atoms with Crippen LogP contribution in [0.5, 0.6) is 0 Å². The number of nitrogens with zero attached hydrogens (tertiary/aromatic N) is 1. The topological polar surface area (TPSA) is 29.3 Å². The van der Waals surface area contributed by atoms with Crippen molar-refractivity contribution in [2.75, 3.05) is 20.1 Å². The first-order chi connectivity index (χ1) is 9.02. The molecule has 0 radical (unpaired) electrons. The van der Waals surface area contributed by atoms with Crippen molar-refractivity contribution in [2.45, 2.75) is 52.0 Å². The summed E-state index contributed by atoms with van der Waals surface area (Å²) < 4.78 is 0. The third-order valence-electron chi connectivity index (χ3n) is 3.91. The quantitative estimate of drug-likeness (QED) is 0.778. The van der Waals surface area contributed by atoms with Crippen molar-refractivity contribution < 1.29 is 0 Å². The second-order valence-electron chi connectivity index (χ2n) is 5.87.